The minimum Gasteiger partial charge on any atom is -0.362 e. The lowest BCUT2D eigenvalue weighted by molar-refractivity contribution is 0.217. The van der Waals surface area contributed by atoms with Crippen molar-refractivity contribution in [3.05, 3.63) is 0 Å². The highest BCUT2D eigenvalue weighted by molar-refractivity contribution is 8.13. The van der Waals surface area contributed by atoms with E-state index in [-0.39, 0.29) is 0 Å². The van der Waals surface area contributed by atoms with Crippen LogP contribution in [0.3, 0.4) is 0 Å². The Labute approximate surface area is 116 Å². The highest BCUT2D eigenvalue weighted by Crippen LogP contribution is 2.35. The zero-order valence-electron chi connectivity index (χ0n) is 12.3. The first kappa shape index (κ1) is 14.2. The lowest BCUT2D eigenvalue weighted by Gasteiger charge is -2.35. The molecule has 1 heterocycles. The molecule has 0 spiro atoms. The number of hydrogen-bond donors (Lipinski definition) is 1. The molecule has 1 aliphatic carbocycles. The monoisotopic (exact) mass is 268 g/mol. The van der Waals surface area contributed by atoms with Gasteiger partial charge in [0, 0.05) is 11.8 Å². The van der Waals surface area contributed by atoms with Crippen LogP contribution in [0.25, 0.3) is 0 Å². The fraction of sp³-hybridized carbons (Fsp3) is 0.933. The van der Waals surface area contributed by atoms with Crippen LogP contribution in [0.1, 0.15) is 59.8 Å². The van der Waals surface area contributed by atoms with Gasteiger partial charge < -0.3 is 5.32 Å². The van der Waals surface area contributed by atoms with Gasteiger partial charge in [0.25, 0.3) is 0 Å². The van der Waals surface area contributed by atoms with E-state index < -0.39 is 0 Å². The summed E-state index contributed by atoms with van der Waals surface area (Å²) < 4.78 is 0. The third kappa shape index (κ3) is 3.91. The Balaban J connectivity index is 1.86. The Morgan fingerprint density at radius 1 is 1.22 bits per heavy atom. The highest BCUT2D eigenvalue weighted by atomic mass is 32.2. The number of aliphatic imine (C=N–C) groups is 1. The lowest BCUT2D eigenvalue weighted by Crippen LogP contribution is -2.40. The molecule has 1 atom stereocenters. The number of amidine groups is 1. The third-order valence-corrected chi connectivity index (χ3v) is 5.31. The van der Waals surface area contributed by atoms with E-state index in [1.165, 1.54) is 43.0 Å². The molecule has 0 saturated heterocycles. The molecule has 0 amide bonds. The summed E-state index contributed by atoms with van der Waals surface area (Å²) in [5, 5.41) is 4.91. The standard InChI is InChI=1S/C15H28N2S/c1-11(2)13-7-10-18-14(17-13)16-12-5-8-15(3,4)9-6-12/h11-13H,5-10H2,1-4H3,(H,16,17). The summed E-state index contributed by atoms with van der Waals surface area (Å²) >= 11 is 1.92. The highest BCUT2D eigenvalue weighted by Gasteiger charge is 2.28. The van der Waals surface area contributed by atoms with Crippen molar-refractivity contribution in [1.82, 2.24) is 5.32 Å². The van der Waals surface area contributed by atoms with E-state index in [0.29, 0.717) is 23.4 Å². The quantitative estimate of drug-likeness (QED) is 0.816. The minimum atomic E-state index is 0.536. The summed E-state index contributed by atoms with van der Waals surface area (Å²) in [6.07, 6.45) is 6.54. The van der Waals surface area contributed by atoms with Gasteiger partial charge in [0.15, 0.2) is 5.17 Å². The molecule has 1 fully saturated rings. The molecule has 0 radical (unpaired) electrons. The van der Waals surface area contributed by atoms with Gasteiger partial charge in [0.1, 0.15) is 0 Å². The topological polar surface area (TPSA) is 24.4 Å². The average Bonchev–Trinajstić information content (AvgIpc) is 2.32. The summed E-state index contributed by atoms with van der Waals surface area (Å²) in [6.45, 7) is 9.35. The fourth-order valence-electron chi connectivity index (χ4n) is 2.81. The van der Waals surface area contributed by atoms with Gasteiger partial charge in [-0.25, -0.2) is 0 Å². The maximum Gasteiger partial charge on any atom is 0.157 e. The molecule has 1 aliphatic heterocycles. The molecule has 18 heavy (non-hydrogen) atoms. The van der Waals surface area contributed by atoms with E-state index in [0.717, 1.165) is 0 Å². The molecule has 3 heteroatoms. The number of nitrogens with one attached hydrogen (secondary N) is 1. The Morgan fingerprint density at radius 3 is 2.50 bits per heavy atom. The second kappa shape index (κ2) is 5.85. The van der Waals surface area contributed by atoms with Crippen molar-refractivity contribution in [1.29, 1.82) is 0 Å². The van der Waals surface area contributed by atoms with Crippen molar-refractivity contribution in [2.75, 3.05) is 5.75 Å². The smallest absolute Gasteiger partial charge is 0.157 e. The van der Waals surface area contributed by atoms with Crippen LogP contribution < -0.4 is 5.32 Å². The predicted molar refractivity (Wildman–Crippen MR) is 82.3 cm³/mol. The zero-order valence-corrected chi connectivity index (χ0v) is 13.1. The minimum absolute atomic E-state index is 0.536. The maximum atomic E-state index is 4.88. The van der Waals surface area contributed by atoms with Crippen LogP contribution in [0.2, 0.25) is 0 Å². The van der Waals surface area contributed by atoms with E-state index in [9.17, 15) is 0 Å². The summed E-state index contributed by atoms with van der Waals surface area (Å²) in [5.41, 5.74) is 0.556. The van der Waals surface area contributed by atoms with Crippen molar-refractivity contribution in [3.63, 3.8) is 0 Å². The second-order valence-electron chi connectivity index (χ2n) is 6.97. The largest absolute Gasteiger partial charge is 0.362 e. The number of hydrogen-bond acceptors (Lipinski definition) is 3. The number of rotatable bonds is 2. The van der Waals surface area contributed by atoms with Crippen LogP contribution in [0.15, 0.2) is 4.99 Å². The van der Waals surface area contributed by atoms with Crippen LogP contribution >= 0.6 is 11.8 Å². The first-order chi connectivity index (χ1) is 8.46. The SMILES string of the molecule is CC(C)C1CCSC(NC2CCC(C)(C)CC2)=N1. The summed E-state index contributed by atoms with van der Waals surface area (Å²) in [7, 11) is 0. The molecule has 0 aromatic carbocycles. The summed E-state index contributed by atoms with van der Waals surface area (Å²) in [6, 6.07) is 1.20. The average molecular weight is 268 g/mol. The molecule has 2 nitrogen and oxygen atoms in total. The van der Waals surface area contributed by atoms with Gasteiger partial charge in [-0.05, 0) is 43.4 Å². The molecule has 0 bridgehead atoms. The van der Waals surface area contributed by atoms with E-state index in [4.69, 9.17) is 4.99 Å². The normalized spacial score (nSPS) is 29.2. The molecule has 1 N–H and O–H groups in total. The van der Waals surface area contributed by atoms with Gasteiger partial charge in [-0.2, -0.15) is 0 Å². The van der Waals surface area contributed by atoms with E-state index in [1.54, 1.807) is 0 Å². The number of thioether (sulfide) groups is 1. The van der Waals surface area contributed by atoms with Crippen LogP contribution in [-0.4, -0.2) is 23.0 Å². The fourth-order valence-corrected chi connectivity index (χ4v) is 3.82. The Kier molecular flexibility index (Phi) is 4.63. The zero-order chi connectivity index (χ0) is 13.2. The Morgan fingerprint density at radius 2 is 1.89 bits per heavy atom. The van der Waals surface area contributed by atoms with Crippen molar-refractivity contribution in [2.24, 2.45) is 16.3 Å². The van der Waals surface area contributed by atoms with Gasteiger partial charge in [-0.3, -0.25) is 4.99 Å². The maximum absolute atomic E-state index is 4.88. The van der Waals surface area contributed by atoms with Gasteiger partial charge in [-0.1, -0.05) is 39.5 Å². The number of nitrogens with zero attached hydrogens (tertiary/aromatic N) is 1. The van der Waals surface area contributed by atoms with E-state index >= 15 is 0 Å². The van der Waals surface area contributed by atoms with Gasteiger partial charge in [0.05, 0.1) is 6.04 Å². The first-order valence-corrected chi connectivity index (χ1v) is 8.42. The molecule has 1 saturated carbocycles. The summed E-state index contributed by atoms with van der Waals surface area (Å²) in [4.78, 5) is 4.88. The molecule has 0 aromatic heterocycles. The van der Waals surface area contributed by atoms with Gasteiger partial charge in [-0.15, -0.1) is 0 Å². The molecule has 1 unspecified atom stereocenters. The van der Waals surface area contributed by atoms with Crippen LogP contribution in [0.4, 0.5) is 0 Å². The van der Waals surface area contributed by atoms with Crippen molar-refractivity contribution in [2.45, 2.75) is 71.9 Å². The van der Waals surface area contributed by atoms with Crippen LogP contribution in [0, 0.1) is 11.3 Å². The molecular weight excluding hydrogens is 240 g/mol. The molecule has 0 aromatic rings. The first-order valence-electron chi connectivity index (χ1n) is 7.43. The van der Waals surface area contributed by atoms with Crippen molar-refractivity contribution < 1.29 is 0 Å². The predicted octanol–water partition coefficient (Wildman–Crippen LogP) is 4.06. The van der Waals surface area contributed by atoms with Crippen LogP contribution in [-0.2, 0) is 0 Å². The lowest BCUT2D eigenvalue weighted by atomic mass is 9.76. The molecule has 104 valence electrons. The van der Waals surface area contributed by atoms with Gasteiger partial charge in [0.2, 0.25) is 0 Å². The van der Waals surface area contributed by atoms with Crippen LogP contribution in [0.5, 0.6) is 0 Å². The van der Waals surface area contributed by atoms with Crippen molar-refractivity contribution >= 4 is 16.9 Å². The summed E-state index contributed by atoms with van der Waals surface area (Å²) in [5.74, 6) is 1.90. The Bertz CT molecular complexity index is 300. The van der Waals surface area contributed by atoms with Crippen molar-refractivity contribution in [3.8, 4) is 0 Å². The molecule has 2 aliphatic rings. The van der Waals surface area contributed by atoms with Gasteiger partial charge >= 0.3 is 0 Å². The molecule has 2 rings (SSSR count). The third-order valence-electron chi connectivity index (χ3n) is 4.37. The van der Waals surface area contributed by atoms with E-state index in [1.807, 2.05) is 11.8 Å². The second-order valence-corrected chi connectivity index (χ2v) is 8.05. The molecular formula is C15H28N2S. The Hall–Kier alpha value is -0.180. The van der Waals surface area contributed by atoms with E-state index in [2.05, 4.69) is 33.0 Å².